The Kier molecular flexibility index (Phi) is 10.7. The lowest BCUT2D eigenvalue weighted by molar-refractivity contribution is 0.211. The average molecular weight is 335 g/mol. The summed E-state index contributed by atoms with van der Waals surface area (Å²) in [6.07, 6.45) is 2.39. The number of ether oxygens (including phenoxy) is 1. The van der Waals surface area contributed by atoms with Crippen molar-refractivity contribution >= 4 is 11.6 Å². The second-order valence-electron chi connectivity index (χ2n) is 5.88. The van der Waals surface area contributed by atoms with Gasteiger partial charge < -0.3 is 20.7 Å². The molecule has 5 nitrogen and oxygen atoms in total. The van der Waals surface area contributed by atoms with E-state index in [4.69, 9.17) is 4.74 Å². The topological polar surface area (TPSA) is 57.7 Å². The van der Waals surface area contributed by atoms with Gasteiger partial charge in [-0.15, -0.1) is 0 Å². The summed E-state index contributed by atoms with van der Waals surface area (Å²) in [6.45, 7) is 10.6. The predicted molar refractivity (Wildman–Crippen MR) is 104 cm³/mol. The summed E-state index contributed by atoms with van der Waals surface area (Å²) in [5.74, 6) is 1.60. The Labute approximate surface area is 147 Å². The smallest absolute Gasteiger partial charge is 0.191 e. The summed E-state index contributed by atoms with van der Waals surface area (Å²) in [5, 5.41) is 10.1. The van der Waals surface area contributed by atoms with Crippen LogP contribution in [0.3, 0.4) is 0 Å². The maximum Gasteiger partial charge on any atom is 0.191 e. The number of hydrogen-bond donors (Lipinski definition) is 3. The molecule has 24 heavy (non-hydrogen) atoms. The lowest BCUT2D eigenvalue weighted by atomic mass is 10.0. The Bertz CT molecular complexity index is 455. The summed E-state index contributed by atoms with van der Waals surface area (Å²) in [7, 11) is 1.71. The summed E-state index contributed by atoms with van der Waals surface area (Å²) in [4.78, 5) is 4.68. The molecule has 0 amide bonds. The molecule has 136 valence electrons. The van der Waals surface area contributed by atoms with Gasteiger partial charge in [0.1, 0.15) is 0 Å². The number of anilines is 1. The second-order valence-corrected chi connectivity index (χ2v) is 5.88. The highest BCUT2D eigenvalue weighted by molar-refractivity contribution is 5.79. The van der Waals surface area contributed by atoms with Crippen molar-refractivity contribution in [2.75, 3.05) is 38.7 Å². The molecule has 1 aromatic carbocycles. The first kappa shape index (κ1) is 20.3. The third kappa shape index (κ3) is 8.20. The molecule has 0 saturated carbocycles. The number of nitrogens with one attached hydrogen (secondary N) is 3. The minimum Gasteiger partial charge on any atom is -0.383 e. The largest absolute Gasteiger partial charge is 0.383 e. The maximum absolute atomic E-state index is 5.04. The number of hydrogen-bond acceptors (Lipinski definition) is 3. The van der Waals surface area contributed by atoms with E-state index < -0.39 is 0 Å². The van der Waals surface area contributed by atoms with Crippen LogP contribution in [0.2, 0.25) is 0 Å². The van der Waals surface area contributed by atoms with Crippen LogP contribution >= 0.6 is 0 Å². The van der Waals surface area contributed by atoms with Crippen LogP contribution in [0.15, 0.2) is 29.3 Å². The molecule has 0 aliphatic rings. The molecule has 0 aliphatic heterocycles. The van der Waals surface area contributed by atoms with Crippen molar-refractivity contribution in [1.82, 2.24) is 10.6 Å². The van der Waals surface area contributed by atoms with Crippen molar-refractivity contribution < 1.29 is 4.74 Å². The van der Waals surface area contributed by atoms with E-state index in [2.05, 4.69) is 66.0 Å². The van der Waals surface area contributed by atoms with Crippen LogP contribution in [-0.2, 0) is 11.3 Å². The molecule has 0 saturated heterocycles. The summed E-state index contributed by atoms with van der Waals surface area (Å²) in [6, 6.07) is 8.41. The molecule has 0 aromatic heterocycles. The Balaban J connectivity index is 2.52. The van der Waals surface area contributed by atoms with Crippen molar-refractivity contribution in [2.45, 2.75) is 40.2 Å². The number of methoxy groups -OCH3 is 1. The fourth-order valence-corrected chi connectivity index (χ4v) is 2.36. The van der Waals surface area contributed by atoms with Gasteiger partial charge in [-0.05, 0) is 30.5 Å². The highest BCUT2D eigenvalue weighted by atomic mass is 16.5. The van der Waals surface area contributed by atoms with E-state index in [9.17, 15) is 0 Å². The summed E-state index contributed by atoms with van der Waals surface area (Å²) < 4.78 is 5.04. The van der Waals surface area contributed by atoms with Gasteiger partial charge in [0.15, 0.2) is 5.96 Å². The molecule has 0 heterocycles. The lowest BCUT2D eigenvalue weighted by Crippen LogP contribution is -2.39. The van der Waals surface area contributed by atoms with Crippen LogP contribution < -0.4 is 16.0 Å². The Morgan fingerprint density at radius 2 is 1.79 bits per heavy atom. The van der Waals surface area contributed by atoms with Crippen LogP contribution in [0.4, 0.5) is 5.69 Å². The molecular weight excluding hydrogens is 300 g/mol. The van der Waals surface area contributed by atoms with Crippen molar-refractivity contribution in [1.29, 1.82) is 0 Å². The third-order valence-electron chi connectivity index (χ3n) is 4.07. The average Bonchev–Trinajstić information content (AvgIpc) is 2.61. The van der Waals surface area contributed by atoms with E-state index in [0.29, 0.717) is 19.1 Å². The summed E-state index contributed by atoms with van der Waals surface area (Å²) in [5.41, 5.74) is 2.31. The van der Waals surface area contributed by atoms with Crippen LogP contribution in [0.25, 0.3) is 0 Å². The van der Waals surface area contributed by atoms with Crippen molar-refractivity contribution in [3.05, 3.63) is 29.8 Å². The van der Waals surface area contributed by atoms with E-state index in [0.717, 1.165) is 31.3 Å². The molecule has 1 rings (SSSR count). The van der Waals surface area contributed by atoms with Gasteiger partial charge in [0.25, 0.3) is 0 Å². The monoisotopic (exact) mass is 334 g/mol. The van der Waals surface area contributed by atoms with Crippen LogP contribution in [0.5, 0.6) is 0 Å². The maximum atomic E-state index is 5.04. The molecule has 0 fully saturated rings. The van der Waals surface area contributed by atoms with Gasteiger partial charge in [-0.1, -0.05) is 38.8 Å². The standard InChI is InChI=1S/C19H34N4O/c1-5-16(6-2)14-22-19(20-7-3)23-15-17-8-10-18(11-9-17)21-12-13-24-4/h8-11,16,21H,5-7,12-15H2,1-4H3,(H2,20,22,23). The molecule has 5 heteroatoms. The van der Waals surface area contributed by atoms with E-state index in [1.807, 2.05) is 0 Å². The SMILES string of the molecule is CCNC(=NCc1ccc(NCCOC)cc1)NCC(CC)CC. The molecule has 0 spiro atoms. The van der Waals surface area contributed by atoms with Crippen LogP contribution in [0, 0.1) is 5.92 Å². The van der Waals surface area contributed by atoms with Crippen molar-refractivity contribution in [3.8, 4) is 0 Å². The second kappa shape index (κ2) is 12.6. The zero-order chi connectivity index (χ0) is 17.6. The molecule has 1 aromatic rings. The van der Waals surface area contributed by atoms with E-state index >= 15 is 0 Å². The number of aliphatic imine (C=N–C) groups is 1. The van der Waals surface area contributed by atoms with Gasteiger partial charge in [-0.25, -0.2) is 4.99 Å². The van der Waals surface area contributed by atoms with Gasteiger partial charge in [-0.2, -0.15) is 0 Å². The van der Waals surface area contributed by atoms with Crippen LogP contribution in [-0.4, -0.2) is 39.3 Å². The van der Waals surface area contributed by atoms with Gasteiger partial charge in [0.2, 0.25) is 0 Å². The van der Waals surface area contributed by atoms with Gasteiger partial charge in [0.05, 0.1) is 13.2 Å². The molecule has 0 aliphatic carbocycles. The summed E-state index contributed by atoms with van der Waals surface area (Å²) >= 11 is 0. The van der Waals surface area contributed by atoms with Crippen LogP contribution in [0.1, 0.15) is 39.2 Å². The van der Waals surface area contributed by atoms with Gasteiger partial charge in [-0.3, -0.25) is 0 Å². The van der Waals surface area contributed by atoms with E-state index in [-0.39, 0.29) is 0 Å². The minimum atomic E-state index is 0.677. The molecule has 0 unspecified atom stereocenters. The number of guanidine groups is 1. The highest BCUT2D eigenvalue weighted by Gasteiger charge is 2.04. The fourth-order valence-electron chi connectivity index (χ4n) is 2.36. The van der Waals surface area contributed by atoms with Crippen molar-refractivity contribution in [2.24, 2.45) is 10.9 Å². The Morgan fingerprint density at radius 3 is 2.38 bits per heavy atom. The predicted octanol–water partition coefficient (Wildman–Crippen LogP) is 3.24. The van der Waals surface area contributed by atoms with Crippen molar-refractivity contribution in [3.63, 3.8) is 0 Å². The molecule has 0 radical (unpaired) electrons. The molecule has 0 bridgehead atoms. The first-order valence-corrected chi connectivity index (χ1v) is 9.07. The molecule has 0 atom stereocenters. The Hall–Kier alpha value is -1.75. The first-order valence-electron chi connectivity index (χ1n) is 9.07. The fraction of sp³-hybridized carbons (Fsp3) is 0.632. The minimum absolute atomic E-state index is 0.677. The third-order valence-corrected chi connectivity index (χ3v) is 4.07. The first-order chi connectivity index (χ1) is 11.7. The van der Waals surface area contributed by atoms with E-state index in [1.54, 1.807) is 7.11 Å². The number of nitrogens with zero attached hydrogens (tertiary/aromatic N) is 1. The number of rotatable bonds is 11. The highest BCUT2D eigenvalue weighted by Crippen LogP contribution is 2.10. The Morgan fingerprint density at radius 1 is 1.08 bits per heavy atom. The zero-order valence-electron chi connectivity index (χ0n) is 15.7. The lowest BCUT2D eigenvalue weighted by Gasteiger charge is -2.16. The van der Waals surface area contributed by atoms with Gasteiger partial charge in [0, 0.05) is 32.4 Å². The van der Waals surface area contributed by atoms with E-state index in [1.165, 1.54) is 18.4 Å². The van der Waals surface area contributed by atoms with Gasteiger partial charge >= 0.3 is 0 Å². The molecule has 3 N–H and O–H groups in total. The molecular formula is C19H34N4O. The quantitative estimate of drug-likeness (QED) is 0.330. The number of benzene rings is 1. The normalized spacial score (nSPS) is 11.6. The zero-order valence-corrected chi connectivity index (χ0v) is 15.7.